The normalized spacial score (nSPS) is 16.5. The number of carboxylic acid groups (broad SMARTS) is 1. The molecule has 1 aliphatic heterocycles. The molecule has 1 heterocycles. The summed E-state index contributed by atoms with van der Waals surface area (Å²) in [5, 5.41) is 11.5. The number of hydrogen-bond acceptors (Lipinski definition) is 4. The second-order valence-electron chi connectivity index (χ2n) is 5.40. The van der Waals surface area contributed by atoms with E-state index in [1.165, 1.54) is 4.90 Å². The van der Waals surface area contributed by atoms with E-state index in [0.29, 0.717) is 18.5 Å². The Morgan fingerprint density at radius 2 is 1.78 bits per heavy atom. The van der Waals surface area contributed by atoms with Gasteiger partial charge in [-0.3, -0.25) is 4.90 Å². The predicted octanol–water partition coefficient (Wildman–Crippen LogP) is 1.67. The summed E-state index contributed by atoms with van der Waals surface area (Å²) in [4.78, 5) is 25.1. The lowest BCUT2D eigenvalue weighted by Gasteiger charge is -2.37. The number of carbonyl (C=O) groups excluding carboxylic acids is 2. The second kappa shape index (κ2) is 6.52. The summed E-state index contributed by atoms with van der Waals surface area (Å²) in [7, 11) is 0. The van der Waals surface area contributed by atoms with Crippen molar-refractivity contribution in [1.82, 2.24) is 4.90 Å². The lowest BCUT2D eigenvalue weighted by atomic mass is 9.93. The summed E-state index contributed by atoms with van der Waals surface area (Å²) in [6.07, 6.45) is -0.0435. The molecule has 0 saturated heterocycles. The summed E-state index contributed by atoms with van der Waals surface area (Å²) >= 11 is 0. The van der Waals surface area contributed by atoms with Gasteiger partial charge in [-0.15, -0.1) is 0 Å². The van der Waals surface area contributed by atoms with E-state index < -0.39 is 18.1 Å². The molecule has 0 aromatic heterocycles. The van der Waals surface area contributed by atoms with Gasteiger partial charge in [0, 0.05) is 6.54 Å². The molecule has 0 aliphatic carbocycles. The lowest BCUT2D eigenvalue weighted by molar-refractivity contribution is -0.312. The van der Waals surface area contributed by atoms with Gasteiger partial charge in [0.1, 0.15) is 12.6 Å². The van der Waals surface area contributed by atoms with E-state index in [9.17, 15) is 14.7 Å². The number of nitrogens with zero attached hydrogens (tertiary/aromatic N) is 1. The topological polar surface area (TPSA) is 69.7 Å². The first kappa shape index (κ1) is 15.1. The van der Waals surface area contributed by atoms with Crippen molar-refractivity contribution in [2.45, 2.75) is 19.1 Å². The van der Waals surface area contributed by atoms with Crippen LogP contribution in [-0.2, 0) is 22.6 Å². The van der Waals surface area contributed by atoms with Crippen molar-refractivity contribution in [3.05, 3.63) is 71.3 Å². The molecule has 0 spiro atoms. The number of benzene rings is 2. The standard InChI is InChI=1S/C18H17NO4/c20-17(21)16-15-9-5-4-8-14(15)10-11-19(16)18(22)23-12-13-6-2-1-3-7-13/h1-9,16H,10-12H2,(H,20,21)/p-1. The van der Waals surface area contributed by atoms with Crippen molar-refractivity contribution >= 4 is 12.1 Å². The van der Waals surface area contributed by atoms with Crippen LogP contribution in [0.25, 0.3) is 0 Å². The fourth-order valence-corrected chi connectivity index (χ4v) is 2.82. The van der Waals surface area contributed by atoms with E-state index in [1.54, 1.807) is 12.1 Å². The van der Waals surface area contributed by atoms with Gasteiger partial charge < -0.3 is 14.6 Å². The summed E-state index contributed by atoms with van der Waals surface area (Å²) in [6.45, 7) is 0.404. The largest absolute Gasteiger partial charge is 0.548 e. The smallest absolute Gasteiger partial charge is 0.410 e. The number of carbonyl (C=O) groups is 2. The highest BCUT2D eigenvalue weighted by Gasteiger charge is 2.32. The van der Waals surface area contributed by atoms with Gasteiger partial charge in [-0.2, -0.15) is 0 Å². The van der Waals surface area contributed by atoms with Gasteiger partial charge in [-0.1, -0.05) is 54.6 Å². The number of hydrogen-bond donors (Lipinski definition) is 0. The predicted molar refractivity (Wildman–Crippen MR) is 81.2 cm³/mol. The highest BCUT2D eigenvalue weighted by atomic mass is 16.6. The highest BCUT2D eigenvalue weighted by Crippen LogP contribution is 2.29. The molecule has 3 rings (SSSR count). The van der Waals surface area contributed by atoms with Crippen LogP contribution in [0.1, 0.15) is 22.7 Å². The molecule has 2 aromatic carbocycles. The molecular weight excluding hydrogens is 294 g/mol. The summed E-state index contributed by atoms with van der Waals surface area (Å²) in [5.74, 6) is -1.30. The van der Waals surface area contributed by atoms with E-state index in [2.05, 4.69) is 0 Å². The first-order chi connectivity index (χ1) is 11.2. The van der Waals surface area contributed by atoms with Crippen LogP contribution in [0, 0.1) is 0 Å². The number of ether oxygens (including phenoxy) is 1. The van der Waals surface area contributed by atoms with Crippen LogP contribution in [0.4, 0.5) is 4.79 Å². The highest BCUT2D eigenvalue weighted by molar-refractivity contribution is 5.81. The van der Waals surface area contributed by atoms with Gasteiger partial charge in [-0.05, 0) is 23.1 Å². The molecule has 1 aliphatic rings. The third kappa shape index (κ3) is 3.18. The number of rotatable bonds is 3. The van der Waals surface area contributed by atoms with Crippen LogP contribution in [-0.4, -0.2) is 23.5 Å². The van der Waals surface area contributed by atoms with Crippen LogP contribution in [0.2, 0.25) is 0 Å². The van der Waals surface area contributed by atoms with Gasteiger partial charge in [0.05, 0.1) is 5.97 Å². The molecule has 1 atom stereocenters. The van der Waals surface area contributed by atoms with E-state index in [-0.39, 0.29) is 6.61 Å². The number of amides is 1. The Balaban J connectivity index is 1.76. The zero-order valence-corrected chi connectivity index (χ0v) is 12.5. The third-order valence-corrected chi connectivity index (χ3v) is 3.95. The minimum absolute atomic E-state index is 0.109. The Hall–Kier alpha value is -2.82. The fraction of sp³-hybridized carbons (Fsp3) is 0.222. The van der Waals surface area contributed by atoms with Crippen molar-refractivity contribution in [3.63, 3.8) is 0 Å². The average molecular weight is 310 g/mol. The molecule has 1 unspecified atom stereocenters. The molecule has 5 heteroatoms. The van der Waals surface area contributed by atoms with E-state index in [1.807, 2.05) is 42.5 Å². The SMILES string of the molecule is O=C([O-])C1c2ccccc2CCN1C(=O)OCc1ccccc1. The van der Waals surface area contributed by atoms with Crippen molar-refractivity contribution in [2.75, 3.05) is 6.54 Å². The minimum atomic E-state index is -1.30. The first-order valence-electron chi connectivity index (χ1n) is 7.43. The number of carboxylic acids is 1. The van der Waals surface area contributed by atoms with Gasteiger partial charge in [0.2, 0.25) is 0 Å². The molecule has 0 radical (unpaired) electrons. The van der Waals surface area contributed by atoms with Gasteiger partial charge >= 0.3 is 6.09 Å². The van der Waals surface area contributed by atoms with Crippen molar-refractivity contribution < 1.29 is 19.4 Å². The molecule has 0 fully saturated rings. The molecule has 0 saturated carbocycles. The summed E-state index contributed by atoms with van der Waals surface area (Å²) < 4.78 is 5.26. The van der Waals surface area contributed by atoms with Crippen LogP contribution in [0.5, 0.6) is 0 Å². The maximum absolute atomic E-state index is 12.3. The molecule has 23 heavy (non-hydrogen) atoms. The molecule has 2 aromatic rings. The fourth-order valence-electron chi connectivity index (χ4n) is 2.82. The van der Waals surface area contributed by atoms with Gasteiger partial charge in [-0.25, -0.2) is 4.79 Å². The van der Waals surface area contributed by atoms with Crippen molar-refractivity contribution in [1.29, 1.82) is 0 Å². The third-order valence-electron chi connectivity index (χ3n) is 3.95. The van der Waals surface area contributed by atoms with E-state index >= 15 is 0 Å². The summed E-state index contributed by atoms with van der Waals surface area (Å²) in [6, 6.07) is 15.4. The number of fused-ring (bicyclic) bond motifs is 1. The van der Waals surface area contributed by atoms with Gasteiger partial charge in [0.15, 0.2) is 0 Å². The Labute approximate surface area is 134 Å². The Kier molecular flexibility index (Phi) is 4.28. The van der Waals surface area contributed by atoms with Gasteiger partial charge in [0.25, 0.3) is 0 Å². The van der Waals surface area contributed by atoms with Crippen molar-refractivity contribution in [3.8, 4) is 0 Å². The maximum atomic E-state index is 12.3. The van der Waals surface area contributed by atoms with Crippen molar-refractivity contribution in [2.24, 2.45) is 0 Å². The van der Waals surface area contributed by atoms with Crippen LogP contribution in [0.15, 0.2) is 54.6 Å². The summed E-state index contributed by atoms with van der Waals surface area (Å²) in [5.41, 5.74) is 2.37. The van der Waals surface area contributed by atoms with Crippen LogP contribution in [0.3, 0.4) is 0 Å². The lowest BCUT2D eigenvalue weighted by Crippen LogP contribution is -2.48. The Morgan fingerprint density at radius 3 is 2.52 bits per heavy atom. The minimum Gasteiger partial charge on any atom is -0.548 e. The van der Waals surface area contributed by atoms with Crippen LogP contribution < -0.4 is 5.11 Å². The molecule has 1 amide bonds. The molecular formula is C18H16NO4-. The molecule has 0 N–H and O–H groups in total. The average Bonchev–Trinajstić information content (AvgIpc) is 2.59. The first-order valence-corrected chi connectivity index (χ1v) is 7.43. The zero-order chi connectivity index (χ0) is 16.2. The van der Waals surface area contributed by atoms with E-state index in [0.717, 1.165) is 11.1 Å². The zero-order valence-electron chi connectivity index (χ0n) is 12.5. The monoisotopic (exact) mass is 310 g/mol. The quantitative estimate of drug-likeness (QED) is 0.865. The maximum Gasteiger partial charge on any atom is 0.410 e. The molecule has 118 valence electrons. The second-order valence-corrected chi connectivity index (χ2v) is 5.40. The van der Waals surface area contributed by atoms with E-state index in [4.69, 9.17) is 4.74 Å². The molecule has 5 nitrogen and oxygen atoms in total. The number of aliphatic carboxylic acids is 1. The Bertz CT molecular complexity index is 714. The molecule has 0 bridgehead atoms. The Morgan fingerprint density at radius 1 is 1.09 bits per heavy atom. The van der Waals surface area contributed by atoms with Crippen LogP contribution >= 0.6 is 0 Å².